The molecule has 2 heterocycles. The third kappa shape index (κ3) is 3.55. The van der Waals surface area contributed by atoms with Crippen molar-refractivity contribution < 1.29 is 8.42 Å². The second kappa shape index (κ2) is 6.02. The van der Waals surface area contributed by atoms with Gasteiger partial charge in [0.15, 0.2) is 5.82 Å². The van der Waals surface area contributed by atoms with E-state index < -0.39 is 10.0 Å². The van der Waals surface area contributed by atoms with E-state index in [0.29, 0.717) is 12.4 Å². The van der Waals surface area contributed by atoms with Crippen LogP contribution in [0.1, 0.15) is 4.88 Å². The molecule has 0 radical (unpaired) electrons. The molecule has 8 heteroatoms. The number of thiophene rings is 1. The lowest BCUT2D eigenvalue weighted by molar-refractivity contribution is 0.603. The van der Waals surface area contributed by atoms with Crippen molar-refractivity contribution in [3.63, 3.8) is 0 Å². The largest absolute Gasteiger partial charge is 0.365 e. The van der Waals surface area contributed by atoms with Crippen molar-refractivity contribution in [2.24, 2.45) is 0 Å². The van der Waals surface area contributed by atoms with Crippen LogP contribution in [0.2, 0.25) is 0 Å². The first-order chi connectivity index (χ1) is 9.51. The number of hydrogen-bond acceptors (Lipinski definition) is 6. The van der Waals surface area contributed by atoms with E-state index in [-0.39, 0.29) is 10.0 Å². The van der Waals surface area contributed by atoms with E-state index in [1.807, 2.05) is 6.92 Å². The first-order valence-corrected chi connectivity index (χ1v) is 8.09. The summed E-state index contributed by atoms with van der Waals surface area (Å²) in [5, 5.41) is 10.6. The maximum Gasteiger partial charge on any atom is 0.272 e. The van der Waals surface area contributed by atoms with Crippen molar-refractivity contribution >= 4 is 33.0 Å². The van der Waals surface area contributed by atoms with E-state index >= 15 is 0 Å². The number of sulfonamides is 1. The minimum Gasteiger partial charge on any atom is -0.365 e. The topological polar surface area (TPSA) is 84.0 Å². The zero-order chi connectivity index (χ0) is 14.6. The summed E-state index contributed by atoms with van der Waals surface area (Å²) in [6.07, 6.45) is 1.69. The van der Waals surface area contributed by atoms with Gasteiger partial charge in [-0.2, -0.15) is 0 Å². The van der Waals surface area contributed by atoms with Gasteiger partial charge in [0.05, 0.1) is 0 Å². The van der Waals surface area contributed by atoms with E-state index in [0.717, 1.165) is 4.88 Å². The van der Waals surface area contributed by atoms with Gasteiger partial charge in [-0.15, -0.1) is 28.1 Å². The highest BCUT2D eigenvalue weighted by molar-refractivity contribution is 7.94. The maximum absolute atomic E-state index is 12.1. The molecule has 2 aromatic rings. The molecule has 106 valence electrons. The molecule has 0 aromatic carbocycles. The molecule has 6 nitrogen and oxygen atoms in total. The summed E-state index contributed by atoms with van der Waals surface area (Å²) in [5.41, 5.74) is 0. The monoisotopic (exact) mass is 310 g/mol. The maximum atomic E-state index is 12.1. The van der Waals surface area contributed by atoms with Crippen LogP contribution in [0.4, 0.5) is 11.6 Å². The molecule has 0 aliphatic heterocycles. The van der Waals surface area contributed by atoms with Crippen molar-refractivity contribution in [3.8, 4) is 0 Å². The summed E-state index contributed by atoms with van der Waals surface area (Å²) in [5.74, 6) is 0.736. The van der Waals surface area contributed by atoms with Gasteiger partial charge >= 0.3 is 0 Å². The number of aryl methyl sites for hydroxylation is 1. The fourth-order valence-corrected chi connectivity index (χ4v) is 3.68. The second-order valence-corrected chi connectivity index (χ2v) is 7.14. The molecular weight excluding hydrogens is 296 g/mol. The van der Waals surface area contributed by atoms with Crippen LogP contribution < -0.4 is 10.0 Å². The van der Waals surface area contributed by atoms with E-state index in [1.54, 1.807) is 30.3 Å². The number of anilines is 2. The van der Waals surface area contributed by atoms with Crippen molar-refractivity contribution in [3.05, 3.63) is 41.8 Å². The van der Waals surface area contributed by atoms with Gasteiger partial charge in [0, 0.05) is 11.4 Å². The van der Waals surface area contributed by atoms with Crippen molar-refractivity contribution in [1.82, 2.24) is 10.2 Å². The molecular formula is C12H14N4O2S2. The molecule has 2 aromatic heterocycles. The summed E-state index contributed by atoms with van der Waals surface area (Å²) in [4.78, 5) is 0.931. The molecule has 0 saturated carbocycles. The number of rotatable bonds is 6. The third-order valence-corrected chi connectivity index (χ3v) is 5.16. The molecule has 2 rings (SSSR count). The molecule has 20 heavy (non-hydrogen) atoms. The molecule has 0 fully saturated rings. The van der Waals surface area contributed by atoms with Gasteiger partial charge in [0.2, 0.25) is 0 Å². The fraction of sp³-hybridized carbons (Fsp3) is 0.167. The predicted molar refractivity (Wildman–Crippen MR) is 80.6 cm³/mol. The summed E-state index contributed by atoms with van der Waals surface area (Å²) in [6.45, 7) is 5.99. The number of nitrogens with one attached hydrogen (secondary N) is 2. The van der Waals surface area contributed by atoms with Crippen LogP contribution in [-0.2, 0) is 10.0 Å². The molecule has 0 bridgehead atoms. The van der Waals surface area contributed by atoms with Crippen LogP contribution in [0.5, 0.6) is 0 Å². The Morgan fingerprint density at radius 2 is 1.95 bits per heavy atom. The van der Waals surface area contributed by atoms with Crippen molar-refractivity contribution in [2.45, 2.75) is 11.1 Å². The van der Waals surface area contributed by atoms with Gasteiger partial charge in [-0.1, -0.05) is 6.08 Å². The smallest absolute Gasteiger partial charge is 0.272 e. The molecule has 2 N–H and O–H groups in total. The van der Waals surface area contributed by atoms with Crippen LogP contribution in [0.15, 0.2) is 41.1 Å². The molecule has 0 saturated heterocycles. The molecule has 0 aliphatic rings. The SMILES string of the molecule is C=CCNc1ccc(NS(=O)(=O)c2ccc(C)s2)nn1. The second-order valence-electron chi connectivity index (χ2n) is 3.94. The molecule has 0 atom stereocenters. The minimum atomic E-state index is -3.59. The summed E-state index contributed by atoms with van der Waals surface area (Å²) in [6, 6.07) is 6.52. The standard InChI is InChI=1S/C12H14N4O2S2/c1-3-8-13-10-5-6-11(15-14-10)16-20(17,18)12-7-4-9(2)19-12/h3-7H,1,8H2,2H3,(H,13,14)(H,15,16). The Balaban J connectivity index is 2.11. The summed E-state index contributed by atoms with van der Waals surface area (Å²) in [7, 11) is -3.59. The lowest BCUT2D eigenvalue weighted by Crippen LogP contribution is -2.13. The highest BCUT2D eigenvalue weighted by atomic mass is 32.2. The van der Waals surface area contributed by atoms with Gasteiger partial charge < -0.3 is 5.32 Å². The fourth-order valence-electron chi connectivity index (χ4n) is 1.40. The lowest BCUT2D eigenvalue weighted by Gasteiger charge is -2.06. The quantitative estimate of drug-likeness (QED) is 0.799. The summed E-state index contributed by atoms with van der Waals surface area (Å²) < 4.78 is 26.8. The van der Waals surface area contributed by atoms with Gasteiger partial charge in [-0.3, -0.25) is 4.72 Å². The third-order valence-electron chi connectivity index (χ3n) is 2.31. The van der Waals surface area contributed by atoms with E-state index in [4.69, 9.17) is 0 Å². The minimum absolute atomic E-state index is 0.181. The van der Waals surface area contributed by atoms with Crippen molar-refractivity contribution in [2.75, 3.05) is 16.6 Å². The van der Waals surface area contributed by atoms with E-state index in [1.165, 1.54) is 11.3 Å². The van der Waals surface area contributed by atoms with Crippen LogP contribution >= 0.6 is 11.3 Å². The Hall–Kier alpha value is -1.93. The normalized spacial score (nSPS) is 11.1. The summed E-state index contributed by atoms with van der Waals surface area (Å²) >= 11 is 1.21. The van der Waals surface area contributed by atoms with Crippen molar-refractivity contribution in [1.29, 1.82) is 0 Å². The average molecular weight is 310 g/mol. The Bertz CT molecular complexity index is 693. The van der Waals surface area contributed by atoms with Crippen LogP contribution in [0, 0.1) is 6.92 Å². The van der Waals surface area contributed by atoms with Gasteiger partial charge in [-0.05, 0) is 31.2 Å². The Morgan fingerprint density at radius 3 is 2.50 bits per heavy atom. The number of hydrogen-bond donors (Lipinski definition) is 2. The first-order valence-electron chi connectivity index (χ1n) is 5.79. The Kier molecular flexibility index (Phi) is 4.35. The predicted octanol–water partition coefficient (Wildman–Crippen LogP) is 2.25. The Labute approximate surface area is 121 Å². The first kappa shape index (κ1) is 14.5. The zero-order valence-electron chi connectivity index (χ0n) is 10.8. The molecule has 0 amide bonds. The number of nitrogens with zero attached hydrogens (tertiary/aromatic N) is 2. The van der Waals surface area contributed by atoms with Crippen LogP contribution in [-0.4, -0.2) is 25.2 Å². The Morgan fingerprint density at radius 1 is 1.25 bits per heavy atom. The van der Waals surface area contributed by atoms with E-state index in [2.05, 4.69) is 26.8 Å². The lowest BCUT2D eigenvalue weighted by atomic mass is 10.5. The highest BCUT2D eigenvalue weighted by Gasteiger charge is 2.16. The molecule has 0 aliphatic carbocycles. The van der Waals surface area contributed by atoms with Gasteiger partial charge in [0.25, 0.3) is 10.0 Å². The van der Waals surface area contributed by atoms with Crippen LogP contribution in [0.25, 0.3) is 0 Å². The highest BCUT2D eigenvalue weighted by Crippen LogP contribution is 2.22. The molecule has 0 unspecified atom stereocenters. The van der Waals surface area contributed by atoms with Crippen LogP contribution in [0.3, 0.4) is 0 Å². The molecule has 0 spiro atoms. The zero-order valence-corrected chi connectivity index (χ0v) is 12.5. The van der Waals surface area contributed by atoms with Gasteiger partial charge in [-0.25, -0.2) is 8.42 Å². The average Bonchev–Trinajstić information content (AvgIpc) is 2.85. The number of aromatic nitrogens is 2. The van der Waals surface area contributed by atoms with E-state index in [9.17, 15) is 8.42 Å². The van der Waals surface area contributed by atoms with Gasteiger partial charge in [0.1, 0.15) is 10.0 Å².